The van der Waals surface area contributed by atoms with Crippen LogP contribution in [0.1, 0.15) is 23.4 Å². The van der Waals surface area contributed by atoms with E-state index in [-0.39, 0.29) is 11.1 Å². The van der Waals surface area contributed by atoms with Crippen molar-refractivity contribution in [3.63, 3.8) is 0 Å². The second-order valence-electron chi connectivity index (χ2n) is 4.18. The lowest BCUT2D eigenvalue weighted by Crippen LogP contribution is -2.23. The van der Waals surface area contributed by atoms with Gasteiger partial charge in [-0.3, -0.25) is 0 Å². The van der Waals surface area contributed by atoms with E-state index >= 15 is 0 Å². The van der Waals surface area contributed by atoms with Crippen LogP contribution in [0.3, 0.4) is 0 Å². The van der Waals surface area contributed by atoms with Crippen molar-refractivity contribution in [3.05, 3.63) is 56.7 Å². The largest absolute Gasteiger partial charge is 0.310 e. The summed E-state index contributed by atoms with van der Waals surface area (Å²) in [7, 11) is 0. The molecule has 5 heteroatoms. The number of hydrogen-bond donors (Lipinski definition) is 1. The highest BCUT2D eigenvalue weighted by atomic mass is 35.5. The Morgan fingerprint density at radius 2 is 2.11 bits per heavy atom. The van der Waals surface area contributed by atoms with Gasteiger partial charge in [0.05, 0.1) is 5.02 Å². The summed E-state index contributed by atoms with van der Waals surface area (Å²) in [6, 6.07) is 5.89. The number of likely N-dealkylation sites (N-methyl/N-ethyl adjacent to an activating group) is 1. The normalized spacial score (nSPS) is 12.6. The highest BCUT2D eigenvalue weighted by Crippen LogP contribution is 2.27. The van der Waals surface area contributed by atoms with Gasteiger partial charge in [0.1, 0.15) is 11.6 Å². The van der Waals surface area contributed by atoms with Crippen molar-refractivity contribution in [2.45, 2.75) is 19.4 Å². The number of rotatable bonds is 5. The van der Waals surface area contributed by atoms with E-state index in [0.29, 0.717) is 18.5 Å². The molecule has 1 unspecified atom stereocenters. The van der Waals surface area contributed by atoms with Gasteiger partial charge in [-0.25, -0.2) is 8.78 Å². The van der Waals surface area contributed by atoms with Gasteiger partial charge in [-0.1, -0.05) is 24.6 Å². The maximum absolute atomic E-state index is 13.9. The fourth-order valence-electron chi connectivity index (χ4n) is 1.97. The fraction of sp³-hybridized carbons (Fsp3) is 0.286. The summed E-state index contributed by atoms with van der Waals surface area (Å²) >= 11 is 7.18. The standard InChI is InChI=1S/C14H14ClF2NS/c1-2-18-14(6-9-4-3-5-19-9)10-7-13(17)11(15)8-12(10)16/h3-5,7-8,14,18H,2,6H2,1H3. The van der Waals surface area contributed by atoms with Crippen LogP contribution in [0.5, 0.6) is 0 Å². The van der Waals surface area contributed by atoms with E-state index in [0.717, 1.165) is 10.9 Å². The Balaban J connectivity index is 2.30. The minimum Gasteiger partial charge on any atom is -0.310 e. The molecule has 0 bridgehead atoms. The molecule has 102 valence electrons. The van der Waals surface area contributed by atoms with Gasteiger partial charge in [0.15, 0.2) is 0 Å². The summed E-state index contributed by atoms with van der Waals surface area (Å²) in [5, 5.41) is 4.96. The van der Waals surface area contributed by atoms with Crippen LogP contribution in [0.15, 0.2) is 29.6 Å². The van der Waals surface area contributed by atoms with Gasteiger partial charge < -0.3 is 5.32 Å². The number of halogens is 3. The zero-order valence-electron chi connectivity index (χ0n) is 10.4. The summed E-state index contributed by atoms with van der Waals surface area (Å²) in [4.78, 5) is 1.13. The van der Waals surface area contributed by atoms with Gasteiger partial charge in [-0.05, 0) is 30.1 Å². The summed E-state index contributed by atoms with van der Waals surface area (Å²) in [6.45, 7) is 2.62. The highest BCUT2D eigenvalue weighted by molar-refractivity contribution is 7.09. The van der Waals surface area contributed by atoms with Crippen LogP contribution in [0.25, 0.3) is 0 Å². The second-order valence-corrected chi connectivity index (χ2v) is 5.62. The molecule has 19 heavy (non-hydrogen) atoms. The maximum Gasteiger partial charge on any atom is 0.142 e. The molecule has 2 aromatic rings. The van der Waals surface area contributed by atoms with E-state index in [1.165, 1.54) is 6.07 Å². The van der Waals surface area contributed by atoms with E-state index in [1.807, 2.05) is 24.4 Å². The Morgan fingerprint density at radius 3 is 2.74 bits per heavy atom. The van der Waals surface area contributed by atoms with Gasteiger partial charge in [-0.2, -0.15) is 0 Å². The molecular formula is C14H14ClF2NS. The molecule has 1 heterocycles. The third-order valence-corrected chi connectivity index (χ3v) is 4.04. The van der Waals surface area contributed by atoms with Crippen LogP contribution in [-0.4, -0.2) is 6.54 Å². The van der Waals surface area contributed by atoms with E-state index in [9.17, 15) is 8.78 Å². The van der Waals surface area contributed by atoms with Crippen molar-refractivity contribution in [2.24, 2.45) is 0 Å². The second kappa shape index (κ2) is 6.46. The SMILES string of the molecule is CCNC(Cc1cccs1)c1cc(F)c(Cl)cc1F. The van der Waals surface area contributed by atoms with E-state index < -0.39 is 11.6 Å². The molecule has 0 aliphatic heterocycles. The molecule has 0 saturated carbocycles. The summed E-state index contributed by atoms with van der Waals surface area (Å²) in [5.41, 5.74) is 0.317. The number of thiophene rings is 1. The Kier molecular flexibility index (Phi) is 4.91. The fourth-order valence-corrected chi connectivity index (χ4v) is 2.88. The molecule has 1 N–H and O–H groups in total. The molecule has 0 fully saturated rings. The monoisotopic (exact) mass is 301 g/mol. The third-order valence-electron chi connectivity index (χ3n) is 2.85. The maximum atomic E-state index is 13.9. The van der Waals surface area contributed by atoms with Gasteiger partial charge in [-0.15, -0.1) is 11.3 Å². The van der Waals surface area contributed by atoms with E-state index in [1.54, 1.807) is 11.3 Å². The Hall–Kier alpha value is -0.970. The molecule has 0 aliphatic carbocycles. The molecule has 1 aromatic heterocycles. The zero-order valence-corrected chi connectivity index (χ0v) is 12.0. The van der Waals surface area contributed by atoms with Gasteiger partial charge in [0.25, 0.3) is 0 Å². The first kappa shape index (κ1) is 14.4. The van der Waals surface area contributed by atoms with Crippen molar-refractivity contribution in [1.82, 2.24) is 5.32 Å². The smallest absolute Gasteiger partial charge is 0.142 e. The predicted molar refractivity (Wildman–Crippen MR) is 75.8 cm³/mol. The first-order valence-corrected chi connectivity index (χ1v) is 7.27. The van der Waals surface area contributed by atoms with E-state index in [4.69, 9.17) is 11.6 Å². The lowest BCUT2D eigenvalue weighted by atomic mass is 10.0. The van der Waals surface area contributed by atoms with E-state index in [2.05, 4.69) is 5.32 Å². The average Bonchev–Trinajstić information content (AvgIpc) is 2.86. The molecule has 1 aromatic carbocycles. The summed E-state index contributed by atoms with van der Waals surface area (Å²) in [6.07, 6.45) is 0.628. The van der Waals surface area contributed by atoms with Crippen molar-refractivity contribution in [1.29, 1.82) is 0 Å². The molecule has 0 spiro atoms. The zero-order chi connectivity index (χ0) is 13.8. The lowest BCUT2D eigenvalue weighted by molar-refractivity contribution is 0.504. The van der Waals surface area contributed by atoms with Crippen LogP contribution in [0.4, 0.5) is 8.78 Å². The van der Waals surface area contributed by atoms with Crippen molar-refractivity contribution < 1.29 is 8.78 Å². The number of benzene rings is 1. The topological polar surface area (TPSA) is 12.0 Å². The Bertz CT molecular complexity index is 543. The Morgan fingerprint density at radius 1 is 1.32 bits per heavy atom. The van der Waals surface area contributed by atoms with Crippen LogP contribution in [0, 0.1) is 11.6 Å². The van der Waals surface area contributed by atoms with Crippen LogP contribution in [0.2, 0.25) is 5.02 Å². The predicted octanol–water partition coefficient (Wildman–Crippen LogP) is 4.57. The van der Waals surface area contributed by atoms with Crippen molar-refractivity contribution >= 4 is 22.9 Å². The van der Waals surface area contributed by atoms with Crippen LogP contribution < -0.4 is 5.32 Å². The summed E-state index contributed by atoms with van der Waals surface area (Å²) in [5.74, 6) is -1.07. The average molecular weight is 302 g/mol. The molecule has 2 rings (SSSR count). The number of hydrogen-bond acceptors (Lipinski definition) is 2. The molecule has 0 aliphatic rings. The molecule has 0 saturated heterocycles. The van der Waals surface area contributed by atoms with Crippen molar-refractivity contribution in [3.8, 4) is 0 Å². The van der Waals surface area contributed by atoms with Gasteiger partial charge >= 0.3 is 0 Å². The Labute approximate surface area is 120 Å². The quantitative estimate of drug-likeness (QED) is 0.798. The van der Waals surface area contributed by atoms with Gasteiger partial charge in [0, 0.05) is 22.9 Å². The van der Waals surface area contributed by atoms with Crippen LogP contribution >= 0.6 is 22.9 Å². The van der Waals surface area contributed by atoms with Crippen LogP contribution in [-0.2, 0) is 6.42 Å². The highest BCUT2D eigenvalue weighted by Gasteiger charge is 2.18. The molecule has 0 amide bonds. The molecule has 1 nitrogen and oxygen atoms in total. The first-order chi connectivity index (χ1) is 9.11. The molecular weight excluding hydrogens is 288 g/mol. The van der Waals surface area contributed by atoms with Gasteiger partial charge in [0.2, 0.25) is 0 Å². The lowest BCUT2D eigenvalue weighted by Gasteiger charge is -2.18. The first-order valence-electron chi connectivity index (χ1n) is 6.02. The minimum atomic E-state index is -0.591. The summed E-state index contributed by atoms with van der Waals surface area (Å²) < 4.78 is 27.5. The minimum absolute atomic E-state index is 0.187. The molecule has 1 atom stereocenters. The third kappa shape index (κ3) is 3.53. The molecule has 0 radical (unpaired) electrons. The number of nitrogens with one attached hydrogen (secondary N) is 1. The van der Waals surface area contributed by atoms with Crippen molar-refractivity contribution in [2.75, 3.05) is 6.54 Å².